The second-order valence-electron chi connectivity index (χ2n) is 6.68. The van der Waals surface area contributed by atoms with Crippen LogP contribution in [0.4, 0.5) is 0 Å². The molecule has 0 heterocycles. The summed E-state index contributed by atoms with van der Waals surface area (Å²) in [7, 11) is 3.33. The van der Waals surface area contributed by atoms with Crippen molar-refractivity contribution in [1.82, 2.24) is 0 Å². The van der Waals surface area contributed by atoms with Crippen LogP contribution in [0.5, 0.6) is 11.5 Å². The third-order valence-corrected chi connectivity index (χ3v) is 4.90. The molecule has 0 saturated heterocycles. The number of benzene rings is 2. The fourth-order valence-electron chi connectivity index (χ4n) is 3.44. The molecule has 0 bridgehead atoms. The largest absolute Gasteiger partial charge is 0.497 e. The average molecular weight is 358 g/mol. The van der Waals surface area contributed by atoms with Gasteiger partial charge in [-0.25, -0.2) is 0 Å². The van der Waals surface area contributed by atoms with Crippen molar-refractivity contribution in [2.75, 3.05) is 27.4 Å². The maximum absolute atomic E-state index is 10.0. The molecule has 26 heavy (non-hydrogen) atoms. The SMILES string of the molecule is COc1cccc(C[C@@H](CO)[C@H](CCCO)Cc2cccc(OC)c2)c1. The van der Waals surface area contributed by atoms with Gasteiger partial charge >= 0.3 is 0 Å². The molecule has 0 unspecified atom stereocenters. The maximum atomic E-state index is 10.0. The van der Waals surface area contributed by atoms with Crippen molar-refractivity contribution in [3.63, 3.8) is 0 Å². The van der Waals surface area contributed by atoms with Crippen LogP contribution in [0.2, 0.25) is 0 Å². The normalized spacial score (nSPS) is 13.2. The Hall–Kier alpha value is -2.04. The molecule has 4 heteroatoms. The molecule has 2 N–H and O–H groups in total. The van der Waals surface area contributed by atoms with Gasteiger partial charge in [-0.05, 0) is 72.9 Å². The number of ether oxygens (including phenoxy) is 2. The van der Waals surface area contributed by atoms with Crippen LogP contribution in [0.3, 0.4) is 0 Å². The van der Waals surface area contributed by atoms with Crippen molar-refractivity contribution in [2.45, 2.75) is 25.7 Å². The topological polar surface area (TPSA) is 58.9 Å². The van der Waals surface area contributed by atoms with Gasteiger partial charge in [-0.3, -0.25) is 0 Å². The average Bonchev–Trinajstić information content (AvgIpc) is 2.69. The van der Waals surface area contributed by atoms with Gasteiger partial charge in [-0.1, -0.05) is 24.3 Å². The Labute approximate surface area is 156 Å². The van der Waals surface area contributed by atoms with Gasteiger partial charge in [-0.2, -0.15) is 0 Å². The molecule has 142 valence electrons. The molecule has 0 aliphatic carbocycles. The molecule has 2 aromatic carbocycles. The maximum Gasteiger partial charge on any atom is 0.119 e. The highest BCUT2D eigenvalue weighted by molar-refractivity contribution is 5.30. The highest BCUT2D eigenvalue weighted by Crippen LogP contribution is 2.28. The van der Waals surface area contributed by atoms with Crippen LogP contribution in [0, 0.1) is 11.8 Å². The molecule has 2 aromatic rings. The van der Waals surface area contributed by atoms with Crippen LogP contribution in [0.25, 0.3) is 0 Å². The zero-order chi connectivity index (χ0) is 18.8. The molecule has 2 rings (SSSR count). The van der Waals surface area contributed by atoms with Crippen molar-refractivity contribution in [1.29, 1.82) is 0 Å². The molecule has 2 atom stereocenters. The van der Waals surface area contributed by atoms with Crippen molar-refractivity contribution < 1.29 is 19.7 Å². The van der Waals surface area contributed by atoms with E-state index < -0.39 is 0 Å². The molecule has 0 amide bonds. The number of aliphatic hydroxyl groups excluding tert-OH is 2. The van der Waals surface area contributed by atoms with E-state index in [1.54, 1.807) is 14.2 Å². The quantitative estimate of drug-likeness (QED) is 0.646. The second-order valence-corrected chi connectivity index (χ2v) is 6.68. The van der Waals surface area contributed by atoms with Gasteiger partial charge in [0, 0.05) is 13.2 Å². The molecule has 4 nitrogen and oxygen atoms in total. The van der Waals surface area contributed by atoms with Gasteiger partial charge in [0.1, 0.15) is 11.5 Å². The van der Waals surface area contributed by atoms with E-state index >= 15 is 0 Å². The Morgan fingerprint density at radius 3 is 1.81 bits per heavy atom. The molecule has 0 saturated carbocycles. The lowest BCUT2D eigenvalue weighted by Gasteiger charge is -2.26. The molecular formula is C22H30O4. The Kier molecular flexibility index (Phi) is 8.45. The van der Waals surface area contributed by atoms with Crippen molar-refractivity contribution in [2.24, 2.45) is 11.8 Å². The minimum absolute atomic E-state index is 0.122. The van der Waals surface area contributed by atoms with Crippen LogP contribution < -0.4 is 9.47 Å². The molecular weight excluding hydrogens is 328 g/mol. The van der Waals surface area contributed by atoms with Gasteiger partial charge in [-0.15, -0.1) is 0 Å². The van der Waals surface area contributed by atoms with Crippen molar-refractivity contribution >= 4 is 0 Å². The van der Waals surface area contributed by atoms with Crippen LogP contribution in [-0.2, 0) is 12.8 Å². The lowest BCUT2D eigenvalue weighted by Crippen LogP contribution is -2.23. The molecule has 0 aliphatic heterocycles. The lowest BCUT2D eigenvalue weighted by molar-refractivity contribution is 0.158. The van der Waals surface area contributed by atoms with E-state index in [9.17, 15) is 10.2 Å². The molecule has 0 aliphatic rings. The fraction of sp³-hybridized carbons (Fsp3) is 0.455. The van der Waals surface area contributed by atoms with Gasteiger partial charge in [0.2, 0.25) is 0 Å². The Balaban J connectivity index is 2.15. The highest BCUT2D eigenvalue weighted by Gasteiger charge is 2.22. The number of methoxy groups -OCH3 is 2. The summed E-state index contributed by atoms with van der Waals surface area (Å²) in [5.41, 5.74) is 2.35. The van der Waals surface area contributed by atoms with E-state index in [2.05, 4.69) is 12.1 Å². The summed E-state index contributed by atoms with van der Waals surface area (Å²) in [5.74, 6) is 2.08. The summed E-state index contributed by atoms with van der Waals surface area (Å²) >= 11 is 0. The zero-order valence-electron chi connectivity index (χ0n) is 15.7. The van der Waals surface area contributed by atoms with Crippen LogP contribution in [0.1, 0.15) is 24.0 Å². The zero-order valence-corrected chi connectivity index (χ0v) is 15.7. The predicted octanol–water partition coefficient (Wildman–Crippen LogP) is 3.49. The molecule has 0 aromatic heterocycles. The number of hydrogen-bond donors (Lipinski definition) is 2. The molecule has 0 fully saturated rings. The monoisotopic (exact) mass is 358 g/mol. The fourth-order valence-corrected chi connectivity index (χ4v) is 3.44. The minimum atomic E-state index is 0.122. The first kappa shape index (κ1) is 20.3. The minimum Gasteiger partial charge on any atom is -0.497 e. The van der Waals surface area contributed by atoms with Gasteiger partial charge in [0.25, 0.3) is 0 Å². The summed E-state index contributed by atoms with van der Waals surface area (Å²) < 4.78 is 10.6. The molecule has 0 spiro atoms. The van der Waals surface area contributed by atoms with E-state index in [1.165, 1.54) is 5.56 Å². The van der Waals surface area contributed by atoms with E-state index in [1.807, 2.05) is 36.4 Å². The standard InChI is InChI=1S/C22H30O4/c1-25-21-9-3-6-17(14-21)12-19(8-5-11-23)20(16-24)13-18-7-4-10-22(15-18)26-2/h3-4,6-7,9-10,14-15,19-20,23-24H,5,8,11-13,16H2,1-2H3/t19-,20+/m1/s1. The lowest BCUT2D eigenvalue weighted by atomic mass is 9.80. The Morgan fingerprint density at radius 2 is 1.35 bits per heavy atom. The van der Waals surface area contributed by atoms with E-state index in [0.29, 0.717) is 0 Å². The van der Waals surface area contributed by atoms with E-state index in [-0.39, 0.29) is 25.0 Å². The summed E-state index contributed by atoms with van der Waals surface area (Å²) in [5, 5.41) is 19.3. The third kappa shape index (κ3) is 6.04. The van der Waals surface area contributed by atoms with Gasteiger partial charge in [0.15, 0.2) is 0 Å². The summed E-state index contributed by atoms with van der Waals surface area (Å²) in [4.78, 5) is 0. The van der Waals surface area contributed by atoms with Crippen molar-refractivity contribution in [3.8, 4) is 11.5 Å². The Bertz CT molecular complexity index is 656. The number of aliphatic hydroxyl groups is 2. The van der Waals surface area contributed by atoms with Gasteiger partial charge < -0.3 is 19.7 Å². The third-order valence-electron chi connectivity index (χ3n) is 4.90. The van der Waals surface area contributed by atoms with Crippen LogP contribution >= 0.6 is 0 Å². The van der Waals surface area contributed by atoms with Crippen LogP contribution in [0.15, 0.2) is 48.5 Å². The summed E-state index contributed by atoms with van der Waals surface area (Å²) in [6.45, 7) is 0.295. The highest BCUT2D eigenvalue weighted by atomic mass is 16.5. The first-order chi connectivity index (χ1) is 12.7. The number of hydrogen-bond acceptors (Lipinski definition) is 4. The van der Waals surface area contributed by atoms with Gasteiger partial charge in [0.05, 0.1) is 14.2 Å². The first-order valence-corrected chi connectivity index (χ1v) is 9.17. The Morgan fingerprint density at radius 1 is 0.808 bits per heavy atom. The van der Waals surface area contributed by atoms with Crippen LogP contribution in [-0.4, -0.2) is 37.6 Å². The van der Waals surface area contributed by atoms with E-state index in [0.717, 1.165) is 42.7 Å². The predicted molar refractivity (Wildman–Crippen MR) is 104 cm³/mol. The van der Waals surface area contributed by atoms with E-state index in [4.69, 9.17) is 9.47 Å². The first-order valence-electron chi connectivity index (χ1n) is 9.17. The molecule has 0 radical (unpaired) electrons. The smallest absolute Gasteiger partial charge is 0.119 e. The number of rotatable bonds is 11. The van der Waals surface area contributed by atoms with Crippen molar-refractivity contribution in [3.05, 3.63) is 59.7 Å². The summed E-state index contributed by atoms with van der Waals surface area (Å²) in [6.07, 6.45) is 3.26. The second kappa shape index (κ2) is 10.8. The summed E-state index contributed by atoms with van der Waals surface area (Å²) in [6, 6.07) is 16.1.